The van der Waals surface area contributed by atoms with Gasteiger partial charge in [-0.1, -0.05) is 18.2 Å². The van der Waals surface area contributed by atoms with Crippen LogP contribution in [-0.4, -0.2) is 40.5 Å². The van der Waals surface area contributed by atoms with Gasteiger partial charge in [-0.2, -0.15) is 0 Å². The number of nitrogens with one attached hydrogen (secondary N) is 1. The number of hydrogen-bond acceptors (Lipinski definition) is 3. The Morgan fingerprint density at radius 3 is 2.52 bits per heavy atom. The SMILES string of the molecule is CN(C(=O)c1cc(=O)n(C)c2ccccc12)C1CC2CCC(C1)N2.Cl. The molecule has 2 aromatic rings. The van der Waals surface area contributed by atoms with E-state index >= 15 is 0 Å². The first kappa shape index (κ1) is 18.0. The zero-order valence-corrected chi connectivity index (χ0v) is 15.4. The molecule has 2 aliphatic heterocycles. The maximum absolute atomic E-state index is 13.1. The van der Waals surface area contributed by atoms with E-state index in [-0.39, 0.29) is 29.9 Å². The number of aryl methyl sites for hydroxylation is 1. The van der Waals surface area contributed by atoms with Crippen LogP contribution in [0.5, 0.6) is 0 Å². The lowest BCUT2D eigenvalue weighted by Gasteiger charge is -2.35. The van der Waals surface area contributed by atoms with Crippen molar-refractivity contribution in [3.63, 3.8) is 0 Å². The van der Waals surface area contributed by atoms with Crippen molar-refractivity contribution in [2.75, 3.05) is 7.05 Å². The highest BCUT2D eigenvalue weighted by atomic mass is 35.5. The van der Waals surface area contributed by atoms with Gasteiger partial charge in [0.15, 0.2) is 0 Å². The number of amides is 1. The molecule has 2 saturated heterocycles. The van der Waals surface area contributed by atoms with Crippen LogP contribution in [0.4, 0.5) is 0 Å². The van der Waals surface area contributed by atoms with Gasteiger partial charge in [0.05, 0.1) is 11.1 Å². The Morgan fingerprint density at radius 2 is 1.84 bits per heavy atom. The molecule has 2 bridgehead atoms. The summed E-state index contributed by atoms with van der Waals surface area (Å²) in [6.45, 7) is 0. The van der Waals surface area contributed by atoms with Crippen molar-refractivity contribution in [3.05, 3.63) is 46.2 Å². The lowest BCUT2D eigenvalue weighted by Crippen LogP contribution is -2.48. The lowest BCUT2D eigenvalue weighted by molar-refractivity contribution is 0.0683. The summed E-state index contributed by atoms with van der Waals surface area (Å²) >= 11 is 0. The fourth-order valence-electron chi connectivity index (χ4n) is 4.29. The van der Waals surface area contributed by atoms with Crippen molar-refractivity contribution in [3.8, 4) is 0 Å². The normalized spacial score (nSPS) is 24.8. The van der Waals surface area contributed by atoms with Crippen LogP contribution in [0, 0.1) is 0 Å². The van der Waals surface area contributed by atoms with Crippen molar-refractivity contribution in [1.82, 2.24) is 14.8 Å². The molecule has 0 spiro atoms. The van der Waals surface area contributed by atoms with Gasteiger partial charge >= 0.3 is 0 Å². The van der Waals surface area contributed by atoms with Crippen molar-refractivity contribution in [2.45, 2.75) is 43.8 Å². The van der Waals surface area contributed by atoms with Gasteiger partial charge in [-0.15, -0.1) is 12.4 Å². The van der Waals surface area contributed by atoms with Crippen molar-refractivity contribution >= 4 is 29.2 Å². The maximum atomic E-state index is 13.1. The van der Waals surface area contributed by atoms with Gasteiger partial charge in [-0.25, -0.2) is 0 Å². The largest absolute Gasteiger partial charge is 0.339 e. The zero-order chi connectivity index (χ0) is 16.8. The molecule has 1 aromatic carbocycles. The van der Waals surface area contributed by atoms with Crippen molar-refractivity contribution in [1.29, 1.82) is 0 Å². The van der Waals surface area contributed by atoms with Crippen LogP contribution < -0.4 is 10.9 Å². The number of rotatable bonds is 2. The first-order chi connectivity index (χ1) is 11.5. The fourth-order valence-corrected chi connectivity index (χ4v) is 4.29. The Bertz CT molecular complexity index is 851. The quantitative estimate of drug-likeness (QED) is 0.893. The predicted molar refractivity (Wildman–Crippen MR) is 101 cm³/mol. The van der Waals surface area contributed by atoms with Gasteiger partial charge in [-0.05, 0) is 31.7 Å². The summed E-state index contributed by atoms with van der Waals surface area (Å²) in [6.07, 6.45) is 4.42. The minimum atomic E-state index is -0.143. The summed E-state index contributed by atoms with van der Waals surface area (Å²) in [5, 5.41) is 4.45. The molecule has 2 unspecified atom stereocenters. The Hall–Kier alpha value is -1.85. The van der Waals surface area contributed by atoms with Gasteiger partial charge in [0.25, 0.3) is 11.5 Å². The van der Waals surface area contributed by atoms with E-state index in [2.05, 4.69) is 5.32 Å². The molecule has 1 N–H and O–H groups in total. The summed E-state index contributed by atoms with van der Waals surface area (Å²) < 4.78 is 1.59. The number of fused-ring (bicyclic) bond motifs is 3. The van der Waals surface area contributed by atoms with Gasteiger partial charge in [0.2, 0.25) is 0 Å². The van der Waals surface area contributed by atoms with Gasteiger partial charge < -0.3 is 14.8 Å². The molecule has 0 aliphatic carbocycles. The van der Waals surface area contributed by atoms with Crippen LogP contribution in [0.3, 0.4) is 0 Å². The van der Waals surface area contributed by atoms with Crippen LogP contribution in [0.25, 0.3) is 10.9 Å². The molecule has 1 aromatic heterocycles. The number of hydrogen-bond donors (Lipinski definition) is 1. The van der Waals surface area contributed by atoms with Crippen LogP contribution in [0.15, 0.2) is 35.1 Å². The molecule has 2 atom stereocenters. The zero-order valence-electron chi connectivity index (χ0n) is 14.6. The van der Waals surface area contributed by atoms with E-state index in [4.69, 9.17) is 0 Å². The highest BCUT2D eigenvalue weighted by molar-refractivity contribution is 6.06. The fraction of sp³-hybridized carbons (Fsp3) is 0.474. The smallest absolute Gasteiger partial charge is 0.254 e. The molecule has 2 fully saturated rings. The monoisotopic (exact) mass is 361 g/mol. The molecule has 4 rings (SSSR count). The Kier molecular flexibility index (Phi) is 4.89. The molecule has 6 heteroatoms. The van der Waals surface area contributed by atoms with E-state index in [0.717, 1.165) is 23.7 Å². The molecule has 25 heavy (non-hydrogen) atoms. The van der Waals surface area contributed by atoms with Crippen LogP contribution in [0.2, 0.25) is 0 Å². The molecule has 134 valence electrons. The molecule has 1 amide bonds. The summed E-state index contributed by atoms with van der Waals surface area (Å²) in [6, 6.07) is 10.4. The Labute approximate surface area is 153 Å². The average molecular weight is 362 g/mol. The standard InChI is InChI=1S/C19H23N3O2.ClH/c1-21(14-9-12-7-8-13(10-14)20-12)19(24)16-11-18(23)22(2)17-6-4-3-5-15(16)17;/h3-6,11-14,20H,7-10H2,1-2H3;1H. The number of benzene rings is 1. The van der Waals surface area contributed by atoms with E-state index in [1.807, 2.05) is 36.2 Å². The number of carbonyl (C=O) groups is 1. The Morgan fingerprint density at radius 1 is 1.20 bits per heavy atom. The van der Waals surface area contributed by atoms with E-state index in [9.17, 15) is 9.59 Å². The van der Waals surface area contributed by atoms with Crippen molar-refractivity contribution < 1.29 is 4.79 Å². The highest BCUT2D eigenvalue weighted by Crippen LogP contribution is 2.30. The third kappa shape index (κ3) is 3.07. The third-order valence-corrected chi connectivity index (χ3v) is 5.70. The summed E-state index contributed by atoms with van der Waals surface area (Å²) in [4.78, 5) is 27.2. The number of halogens is 1. The molecular weight excluding hydrogens is 338 g/mol. The van der Waals surface area contributed by atoms with Crippen LogP contribution in [-0.2, 0) is 7.05 Å². The lowest BCUT2D eigenvalue weighted by atomic mass is 9.97. The number of pyridine rings is 1. The average Bonchev–Trinajstić information content (AvgIpc) is 2.94. The summed E-state index contributed by atoms with van der Waals surface area (Å²) in [7, 11) is 3.62. The molecular formula is C19H24ClN3O2. The van der Waals surface area contributed by atoms with Crippen molar-refractivity contribution in [2.24, 2.45) is 7.05 Å². The first-order valence-corrected chi connectivity index (χ1v) is 8.66. The number of nitrogens with zero attached hydrogens (tertiary/aromatic N) is 2. The number of carbonyl (C=O) groups excluding carboxylic acids is 1. The topological polar surface area (TPSA) is 54.3 Å². The molecule has 5 nitrogen and oxygen atoms in total. The summed E-state index contributed by atoms with van der Waals surface area (Å²) in [5.41, 5.74) is 1.17. The van der Waals surface area contributed by atoms with Crippen LogP contribution in [0.1, 0.15) is 36.0 Å². The molecule has 0 radical (unpaired) electrons. The van der Waals surface area contributed by atoms with Gasteiger partial charge in [0, 0.05) is 43.7 Å². The highest BCUT2D eigenvalue weighted by Gasteiger charge is 2.36. The van der Waals surface area contributed by atoms with Crippen LogP contribution >= 0.6 is 12.4 Å². The second-order valence-electron chi connectivity index (χ2n) is 7.15. The predicted octanol–water partition coefficient (Wildman–Crippen LogP) is 2.32. The maximum Gasteiger partial charge on any atom is 0.254 e. The first-order valence-electron chi connectivity index (χ1n) is 8.66. The Balaban J connectivity index is 0.00000182. The van der Waals surface area contributed by atoms with Gasteiger partial charge in [0.1, 0.15) is 0 Å². The van der Waals surface area contributed by atoms with Gasteiger partial charge in [-0.3, -0.25) is 9.59 Å². The summed E-state index contributed by atoms with van der Waals surface area (Å²) in [5.74, 6) is -0.0461. The second kappa shape index (κ2) is 6.81. The molecule has 3 heterocycles. The molecule has 0 saturated carbocycles. The minimum absolute atomic E-state index is 0. The van der Waals surface area contributed by atoms with E-state index < -0.39 is 0 Å². The minimum Gasteiger partial charge on any atom is -0.339 e. The van der Waals surface area contributed by atoms with E-state index in [1.54, 1.807) is 11.6 Å². The number of aromatic nitrogens is 1. The second-order valence-corrected chi connectivity index (χ2v) is 7.15. The number of para-hydroxylation sites is 1. The van der Waals surface area contributed by atoms with E-state index in [1.165, 1.54) is 18.9 Å². The molecule has 2 aliphatic rings. The third-order valence-electron chi connectivity index (χ3n) is 5.70. The van der Waals surface area contributed by atoms with E-state index in [0.29, 0.717) is 17.6 Å². The number of piperidine rings is 1.